The van der Waals surface area contributed by atoms with Crippen LogP contribution >= 0.6 is 0 Å². The zero-order valence-electron chi connectivity index (χ0n) is 11.5. The van der Waals surface area contributed by atoms with E-state index in [1.54, 1.807) is 0 Å². The Kier molecular flexibility index (Phi) is 4.64. The summed E-state index contributed by atoms with van der Waals surface area (Å²) >= 11 is 0. The van der Waals surface area contributed by atoms with Gasteiger partial charge in [0.25, 0.3) is 0 Å². The topological polar surface area (TPSA) is 17.1 Å². The smallest absolute Gasteiger partial charge is 0.123 e. The van der Waals surface area contributed by atoms with Crippen LogP contribution in [0.25, 0.3) is 0 Å². The summed E-state index contributed by atoms with van der Waals surface area (Å²) in [6.45, 7) is 4.81. The lowest BCUT2D eigenvalue weighted by Crippen LogP contribution is -2.27. The van der Waals surface area contributed by atoms with E-state index < -0.39 is 0 Å². The highest BCUT2D eigenvalue weighted by molar-refractivity contribution is 5.54. The van der Waals surface area contributed by atoms with Gasteiger partial charge in [0.15, 0.2) is 0 Å². The SMILES string of the molecule is CC1CC(C)CC(CC2CCCCC2C=O)C1. The first-order valence-corrected chi connectivity index (χ1v) is 7.64. The zero-order valence-corrected chi connectivity index (χ0v) is 11.5. The van der Waals surface area contributed by atoms with Gasteiger partial charge in [-0.15, -0.1) is 0 Å². The van der Waals surface area contributed by atoms with Crippen molar-refractivity contribution in [1.29, 1.82) is 0 Å². The summed E-state index contributed by atoms with van der Waals surface area (Å²) in [5.74, 6) is 3.81. The van der Waals surface area contributed by atoms with Crippen LogP contribution < -0.4 is 0 Å². The summed E-state index contributed by atoms with van der Waals surface area (Å²) in [5.41, 5.74) is 0. The third kappa shape index (κ3) is 3.56. The van der Waals surface area contributed by atoms with Gasteiger partial charge in [-0.3, -0.25) is 0 Å². The van der Waals surface area contributed by atoms with E-state index in [0.717, 1.165) is 24.2 Å². The summed E-state index contributed by atoms with van der Waals surface area (Å²) < 4.78 is 0. The average molecular weight is 236 g/mol. The summed E-state index contributed by atoms with van der Waals surface area (Å²) in [6.07, 6.45) is 11.9. The molecule has 2 aliphatic carbocycles. The Morgan fingerprint density at radius 2 is 1.65 bits per heavy atom. The number of carbonyl (C=O) groups excluding carboxylic acids is 1. The summed E-state index contributed by atoms with van der Waals surface area (Å²) in [4.78, 5) is 11.1. The van der Waals surface area contributed by atoms with Crippen molar-refractivity contribution in [2.75, 3.05) is 0 Å². The maximum Gasteiger partial charge on any atom is 0.123 e. The maximum absolute atomic E-state index is 11.1. The number of rotatable bonds is 3. The fraction of sp³-hybridized carbons (Fsp3) is 0.938. The molecule has 0 radical (unpaired) electrons. The molecule has 0 aliphatic heterocycles. The normalized spacial score (nSPS) is 43.3. The van der Waals surface area contributed by atoms with Crippen molar-refractivity contribution in [1.82, 2.24) is 0 Å². The Morgan fingerprint density at radius 3 is 2.29 bits per heavy atom. The van der Waals surface area contributed by atoms with Crippen LogP contribution in [-0.4, -0.2) is 6.29 Å². The number of aldehydes is 1. The van der Waals surface area contributed by atoms with Crippen molar-refractivity contribution >= 4 is 6.29 Å². The Hall–Kier alpha value is -0.330. The predicted molar refractivity (Wildman–Crippen MR) is 71.8 cm³/mol. The minimum Gasteiger partial charge on any atom is -0.303 e. The predicted octanol–water partition coefficient (Wildman–Crippen LogP) is 4.45. The molecule has 0 N–H and O–H groups in total. The molecule has 4 unspecified atom stereocenters. The van der Waals surface area contributed by atoms with Crippen molar-refractivity contribution in [2.45, 2.75) is 65.2 Å². The molecule has 0 heterocycles. The molecule has 17 heavy (non-hydrogen) atoms. The third-order valence-corrected chi connectivity index (χ3v) is 5.05. The third-order valence-electron chi connectivity index (χ3n) is 5.05. The molecule has 2 saturated carbocycles. The van der Waals surface area contributed by atoms with Crippen LogP contribution in [0, 0.1) is 29.6 Å². The second kappa shape index (κ2) is 6.02. The Bertz CT molecular complexity index is 238. The molecule has 2 fully saturated rings. The highest BCUT2D eigenvalue weighted by Crippen LogP contribution is 2.40. The van der Waals surface area contributed by atoms with Gasteiger partial charge in [-0.05, 0) is 62.2 Å². The molecule has 2 aliphatic rings. The van der Waals surface area contributed by atoms with Gasteiger partial charge in [0.2, 0.25) is 0 Å². The van der Waals surface area contributed by atoms with Crippen molar-refractivity contribution in [2.24, 2.45) is 29.6 Å². The Morgan fingerprint density at radius 1 is 1.00 bits per heavy atom. The summed E-state index contributed by atoms with van der Waals surface area (Å²) in [5, 5.41) is 0. The van der Waals surface area contributed by atoms with E-state index >= 15 is 0 Å². The van der Waals surface area contributed by atoms with Gasteiger partial charge in [-0.1, -0.05) is 26.7 Å². The van der Waals surface area contributed by atoms with E-state index in [1.807, 2.05) is 0 Å². The molecule has 0 aromatic heterocycles. The number of hydrogen-bond acceptors (Lipinski definition) is 1. The van der Waals surface area contributed by atoms with Gasteiger partial charge in [-0.2, -0.15) is 0 Å². The molecule has 0 aromatic carbocycles. The second-order valence-corrected chi connectivity index (χ2v) is 6.86. The van der Waals surface area contributed by atoms with E-state index in [0.29, 0.717) is 11.8 Å². The first kappa shape index (κ1) is 13.1. The molecule has 0 bridgehead atoms. The maximum atomic E-state index is 11.1. The highest BCUT2D eigenvalue weighted by atomic mass is 16.1. The van der Waals surface area contributed by atoms with E-state index in [-0.39, 0.29) is 0 Å². The van der Waals surface area contributed by atoms with Crippen molar-refractivity contribution < 1.29 is 4.79 Å². The van der Waals surface area contributed by atoms with Crippen molar-refractivity contribution in [3.63, 3.8) is 0 Å². The first-order valence-electron chi connectivity index (χ1n) is 7.64. The summed E-state index contributed by atoms with van der Waals surface area (Å²) in [6, 6.07) is 0. The van der Waals surface area contributed by atoms with E-state index in [4.69, 9.17) is 0 Å². The molecule has 0 aromatic rings. The van der Waals surface area contributed by atoms with Gasteiger partial charge >= 0.3 is 0 Å². The van der Waals surface area contributed by atoms with Crippen molar-refractivity contribution in [3.05, 3.63) is 0 Å². The molecule has 4 atom stereocenters. The molecule has 0 amide bonds. The Labute approximate surface area is 106 Å². The molecular formula is C16H28O. The molecule has 0 spiro atoms. The van der Waals surface area contributed by atoms with Crippen molar-refractivity contribution in [3.8, 4) is 0 Å². The molecule has 0 saturated heterocycles. The second-order valence-electron chi connectivity index (χ2n) is 6.86. The minimum absolute atomic E-state index is 0.385. The quantitative estimate of drug-likeness (QED) is 0.661. The van der Waals surface area contributed by atoms with Crippen LogP contribution in [0.1, 0.15) is 65.2 Å². The first-order chi connectivity index (χ1) is 8.19. The molecule has 1 heteroatoms. The summed E-state index contributed by atoms with van der Waals surface area (Å²) in [7, 11) is 0. The lowest BCUT2D eigenvalue weighted by atomic mass is 9.69. The van der Waals surface area contributed by atoms with Crippen LogP contribution in [0.3, 0.4) is 0 Å². The largest absolute Gasteiger partial charge is 0.303 e. The minimum atomic E-state index is 0.385. The van der Waals surface area contributed by atoms with Crippen LogP contribution in [0.5, 0.6) is 0 Å². The molecule has 98 valence electrons. The fourth-order valence-corrected chi connectivity index (χ4v) is 4.44. The molecule has 2 rings (SSSR count). The lowest BCUT2D eigenvalue weighted by Gasteiger charge is -2.36. The van der Waals surface area contributed by atoms with Crippen LogP contribution in [0.2, 0.25) is 0 Å². The monoisotopic (exact) mass is 236 g/mol. The van der Waals surface area contributed by atoms with Gasteiger partial charge in [0, 0.05) is 5.92 Å². The van der Waals surface area contributed by atoms with E-state index in [2.05, 4.69) is 13.8 Å². The van der Waals surface area contributed by atoms with Gasteiger partial charge in [0.05, 0.1) is 0 Å². The molecule has 1 nitrogen and oxygen atoms in total. The number of hydrogen-bond donors (Lipinski definition) is 0. The number of carbonyl (C=O) groups is 1. The fourth-order valence-electron chi connectivity index (χ4n) is 4.44. The Balaban J connectivity index is 1.88. The van der Waals surface area contributed by atoms with Crippen LogP contribution in [0.4, 0.5) is 0 Å². The highest BCUT2D eigenvalue weighted by Gasteiger charge is 2.30. The van der Waals surface area contributed by atoms with E-state index in [1.165, 1.54) is 51.2 Å². The molecular weight excluding hydrogens is 208 g/mol. The lowest BCUT2D eigenvalue weighted by molar-refractivity contribution is -0.113. The standard InChI is InChI=1S/C16H28O/c1-12-7-13(2)9-14(8-12)10-15-5-3-4-6-16(15)11-17/h11-16H,3-10H2,1-2H3. The van der Waals surface area contributed by atoms with Crippen LogP contribution in [0.15, 0.2) is 0 Å². The average Bonchev–Trinajstić information content (AvgIpc) is 2.28. The van der Waals surface area contributed by atoms with Gasteiger partial charge in [0.1, 0.15) is 6.29 Å². The van der Waals surface area contributed by atoms with Gasteiger partial charge in [-0.25, -0.2) is 0 Å². The van der Waals surface area contributed by atoms with Crippen LogP contribution in [-0.2, 0) is 4.79 Å². The zero-order chi connectivity index (χ0) is 12.3. The van der Waals surface area contributed by atoms with Gasteiger partial charge < -0.3 is 4.79 Å². The van der Waals surface area contributed by atoms with E-state index in [9.17, 15) is 4.79 Å².